The van der Waals surface area contributed by atoms with Crippen LogP contribution in [0.3, 0.4) is 0 Å². The molecule has 0 aliphatic carbocycles. The van der Waals surface area contributed by atoms with Crippen molar-refractivity contribution in [1.82, 2.24) is 0 Å². The van der Waals surface area contributed by atoms with Gasteiger partial charge in [0.2, 0.25) is 0 Å². The molecule has 0 radical (unpaired) electrons. The third-order valence-corrected chi connectivity index (χ3v) is 20.9. The van der Waals surface area contributed by atoms with Crippen molar-refractivity contribution in [3.05, 3.63) is 190 Å². The summed E-state index contributed by atoms with van der Waals surface area (Å²) in [5.74, 6) is 0. The van der Waals surface area contributed by atoms with Crippen LogP contribution in [0.1, 0.15) is 214 Å². The summed E-state index contributed by atoms with van der Waals surface area (Å²) in [6.07, 6.45) is 35.7. The molecule has 0 N–H and O–H groups in total. The van der Waals surface area contributed by atoms with E-state index in [4.69, 9.17) is 0 Å². The SMILES string of the molecule is CCCCCCCCc1cc(-c2cc(-c3cc(-c4cccc5ccccc45)cc(-c4cccc5ccccc45)c3)cc(-c3cc(CCCCCCCC)c(-c4cc5sc(C)cc5s4)cc3CCCCCCCC)c2)c(CCCCCCCC)cc1C. The van der Waals surface area contributed by atoms with Crippen LogP contribution in [0.15, 0.2) is 158 Å². The fraction of sp³-hybridized carbons (Fsp3) is 0.405. The lowest BCUT2D eigenvalue weighted by Gasteiger charge is -2.21. The van der Waals surface area contributed by atoms with Gasteiger partial charge in [-0.1, -0.05) is 259 Å². The summed E-state index contributed by atoms with van der Waals surface area (Å²) in [4.78, 5) is 2.85. The van der Waals surface area contributed by atoms with Gasteiger partial charge in [0.05, 0.1) is 0 Å². The first-order valence-electron chi connectivity index (χ1n) is 34.4. The number of unbranched alkanes of at least 4 members (excludes halogenated alkanes) is 20. The van der Waals surface area contributed by atoms with Gasteiger partial charge in [0.15, 0.2) is 0 Å². The molecule has 2 heterocycles. The van der Waals surface area contributed by atoms with Gasteiger partial charge in [-0.15, -0.1) is 22.7 Å². The molecule has 0 saturated heterocycles. The molecule has 0 amide bonds. The van der Waals surface area contributed by atoms with Crippen LogP contribution >= 0.6 is 22.7 Å². The van der Waals surface area contributed by atoms with Gasteiger partial charge in [-0.3, -0.25) is 0 Å². The summed E-state index contributed by atoms with van der Waals surface area (Å²) in [7, 11) is 0. The van der Waals surface area contributed by atoms with E-state index in [9.17, 15) is 0 Å². The predicted molar refractivity (Wildman–Crippen MR) is 385 cm³/mol. The summed E-state index contributed by atoms with van der Waals surface area (Å²) in [5.41, 5.74) is 22.3. The Morgan fingerprint density at radius 1 is 0.267 bits per heavy atom. The van der Waals surface area contributed by atoms with Gasteiger partial charge in [0, 0.05) is 19.2 Å². The molecular formula is C84H100S2. The molecule has 2 aromatic heterocycles. The molecule has 0 aliphatic heterocycles. The summed E-state index contributed by atoms with van der Waals surface area (Å²) in [5, 5.41) is 5.13. The first kappa shape index (κ1) is 63.0. The fourth-order valence-electron chi connectivity index (χ4n) is 13.8. The number of thiophene rings is 2. The van der Waals surface area contributed by atoms with Crippen LogP contribution < -0.4 is 0 Å². The number of hydrogen-bond acceptors (Lipinski definition) is 2. The van der Waals surface area contributed by atoms with Crippen molar-refractivity contribution >= 4 is 53.6 Å². The largest absolute Gasteiger partial charge is 0.140 e. The van der Waals surface area contributed by atoms with E-state index in [-0.39, 0.29) is 0 Å². The molecule has 8 aromatic carbocycles. The maximum Gasteiger partial charge on any atom is 0.0459 e. The minimum absolute atomic E-state index is 1.09. The molecular weight excluding hydrogens is 1070 g/mol. The van der Waals surface area contributed by atoms with E-state index in [0.29, 0.717) is 0 Å². The number of aryl methyl sites for hydroxylation is 6. The first-order valence-corrected chi connectivity index (χ1v) is 36.0. The lowest BCUT2D eigenvalue weighted by molar-refractivity contribution is 0.605. The lowest BCUT2D eigenvalue weighted by atomic mass is 9.84. The fourth-order valence-corrected chi connectivity index (χ4v) is 16.2. The zero-order valence-corrected chi connectivity index (χ0v) is 55.3. The van der Waals surface area contributed by atoms with Crippen molar-refractivity contribution in [2.75, 3.05) is 0 Å². The molecule has 0 unspecified atom stereocenters. The van der Waals surface area contributed by atoms with E-state index < -0.39 is 0 Å². The number of hydrogen-bond donors (Lipinski definition) is 0. The van der Waals surface area contributed by atoms with Crippen LogP contribution in [-0.2, 0) is 25.7 Å². The third kappa shape index (κ3) is 16.4. The zero-order chi connectivity index (χ0) is 59.5. The molecule has 0 aliphatic rings. The van der Waals surface area contributed by atoms with E-state index in [0.717, 1.165) is 25.7 Å². The average molecular weight is 1170 g/mol. The Morgan fingerprint density at radius 3 is 1.08 bits per heavy atom. The minimum Gasteiger partial charge on any atom is -0.140 e. The number of fused-ring (bicyclic) bond motifs is 3. The molecule has 2 heteroatoms. The summed E-state index contributed by atoms with van der Waals surface area (Å²) in [6.45, 7) is 14.0. The van der Waals surface area contributed by atoms with Crippen LogP contribution in [0.4, 0.5) is 0 Å². The summed E-state index contributed by atoms with van der Waals surface area (Å²) >= 11 is 3.98. The van der Waals surface area contributed by atoms with Crippen LogP contribution in [0.5, 0.6) is 0 Å². The maximum atomic E-state index is 2.72. The second kappa shape index (κ2) is 32.2. The number of benzene rings is 8. The second-order valence-electron chi connectivity index (χ2n) is 25.5. The highest BCUT2D eigenvalue weighted by Crippen LogP contribution is 2.46. The van der Waals surface area contributed by atoms with E-state index in [1.807, 2.05) is 22.7 Å². The Balaban J connectivity index is 1.21. The quantitative estimate of drug-likeness (QED) is 0.0353. The minimum atomic E-state index is 1.09. The third-order valence-electron chi connectivity index (χ3n) is 18.7. The Morgan fingerprint density at radius 2 is 0.616 bits per heavy atom. The van der Waals surface area contributed by atoms with E-state index in [1.165, 1.54) is 284 Å². The van der Waals surface area contributed by atoms with E-state index in [1.54, 1.807) is 0 Å². The second-order valence-corrected chi connectivity index (χ2v) is 27.9. The van der Waals surface area contributed by atoms with Crippen molar-refractivity contribution in [1.29, 1.82) is 0 Å². The Bertz CT molecular complexity index is 3620. The topological polar surface area (TPSA) is 0 Å². The van der Waals surface area contributed by atoms with Gasteiger partial charge >= 0.3 is 0 Å². The van der Waals surface area contributed by atoms with Crippen molar-refractivity contribution in [3.8, 4) is 66.1 Å². The van der Waals surface area contributed by atoms with Gasteiger partial charge in [-0.25, -0.2) is 0 Å². The summed E-state index contributed by atoms with van der Waals surface area (Å²) in [6, 6.07) is 62.8. The van der Waals surface area contributed by atoms with Crippen LogP contribution in [0.25, 0.3) is 97.0 Å². The van der Waals surface area contributed by atoms with E-state index in [2.05, 4.69) is 199 Å². The highest BCUT2D eigenvalue weighted by Gasteiger charge is 2.21. The molecule has 0 bridgehead atoms. The average Bonchev–Trinajstić information content (AvgIpc) is 1.54. The smallest absolute Gasteiger partial charge is 0.0459 e. The predicted octanol–water partition coefficient (Wildman–Crippen LogP) is 27.5. The normalized spacial score (nSPS) is 11.7. The standard InChI is InChI=1S/C84H100S2/c1-7-11-15-19-23-27-39-65-57-79(66(49-61(65)5)40-28-24-20-16-12-8-2)73-53-70(69-51-71(77-47-35-43-63-37-31-33-45-75(63)77)55-72(52-69)78-48-36-44-64-38-32-34-46-76(64)78)54-74(56-73)80-58-68(42-30-26-22-18-14-10-4)81(59-67(80)41-29-25-21-17-13-9-3)82-60-84-83(86-82)50-62(6)85-84/h31-38,43-60H,7-30,39-42H2,1-6H3. The van der Waals surface area contributed by atoms with Crippen molar-refractivity contribution < 1.29 is 0 Å². The molecule has 448 valence electrons. The van der Waals surface area contributed by atoms with Crippen molar-refractivity contribution in [2.24, 2.45) is 0 Å². The number of rotatable bonds is 34. The Hall–Kier alpha value is -6.06. The molecule has 10 aromatic rings. The molecule has 0 atom stereocenters. The molecule has 0 spiro atoms. The molecule has 0 saturated carbocycles. The summed E-state index contributed by atoms with van der Waals surface area (Å²) < 4.78 is 2.87. The highest BCUT2D eigenvalue weighted by molar-refractivity contribution is 7.29. The monoisotopic (exact) mass is 1170 g/mol. The van der Waals surface area contributed by atoms with Crippen molar-refractivity contribution in [3.63, 3.8) is 0 Å². The van der Waals surface area contributed by atoms with Crippen LogP contribution in [0.2, 0.25) is 0 Å². The molecule has 86 heavy (non-hydrogen) atoms. The van der Waals surface area contributed by atoms with Gasteiger partial charge in [-0.05, 0) is 230 Å². The van der Waals surface area contributed by atoms with Crippen LogP contribution in [-0.4, -0.2) is 0 Å². The van der Waals surface area contributed by atoms with Crippen molar-refractivity contribution in [2.45, 2.75) is 221 Å². The lowest BCUT2D eigenvalue weighted by Crippen LogP contribution is -2.00. The van der Waals surface area contributed by atoms with Gasteiger partial charge in [-0.2, -0.15) is 0 Å². The Labute approximate surface area is 528 Å². The van der Waals surface area contributed by atoms with Gasteiger partial charge in [0.1, 0.15) is 0 Å². The zero-order valence-electron chi connectivity index (χ0n) is 53.6. The Kier molecular flexibility index (Phi) is 23.6. The highest BCUT2D eigenvalue weighted by atomic mass is 32.1. The van der Waals surface area contributed by atoms with Crippen LogP contribution in [0, 0.1) is 13.8 Å². The maximum absolute atomic E-state index is 2.72. The molecule has 0 nitrogen and oxygen atoms in total. The molecule has 0 fully saturated rings. The van der Waals surface area contributed by atoms with E-state index >= 15 is 0 Å². The van der Waals surface area contributed by atoms with Gasteiger partial charge < -0.3 is 0 Å². The first-order chi connectivity index (χ1) is 42.3. The molecule has 10 rings (SSSR count). The van der Waals surface area contributed by atoms with Gasteiger partial charge in [0.25, 0.3) is 0 Å².